The highest BCUT2D eigenvalue weighted by atomic mass is 16.3. The van der Waals surface area contributed by atoms with Gasteiger partial charge in [-0.2, -0.15) is 0 Å². The number of nitrogens with two attached hydrogens (primary N) is 1. The smallest absolute Gasteiger partial charge is 0.256 e. The Hall–Kier alpha value is -1.91. The Morgan fingerprint density at radius 1 is 1.36 bits per heavy atom. The predicted molar refractivity (Wildman–Crippen MR) is 52.6 cm³/mol. The average Bonchev–Trinajstić information content (AvgIpc) is 2.02. The molecule has 0 aliphatic heterocycles. The molecule has 1 rings (SSSR count). The van der Waals surface area contributed by atoms with E-state index in [0.29, 0.717) is 5.69 Å². The minimum absolute atomic E-state index is 0.254. The minimum Gasteiger partial charge on any atom is -0.507 e. The first kappa shape index (κ1) is 10.2. The van der Waals surface area contributed by atoms with Gasteiger partial charge in [-0.1, -0.05) is 0 Å². The molecule has 0 atom stereocenters. The molecular formula is C9H12N2O3. The van der Waals surface area contributed by atoms with Gasteiger partial charge in [0.2, 0.25) is 0 Å². The number of aromatic hydroxyl groups is 2. The number of amides is 1. The molecule has 0 radical (unpaired) electrons. The molecular weight excluding hydrogens is 184 g/mol. The maximum absolute atomic E-state index is 10.9. The molecule has 5 nitrogen and oxygen atoms in total. The third-order valence-corrected chi connectivity index (χ3v) is 1.86. The standard InChI is InChI=1S/C9H12N2O3/c1-11(2)5-3-4-6(12)7(8(5)13)9(10)14/h3-4,12-13H,1-2H3,(H2,10,14). The summed E-state index contributed by atoms with van der Waals surface area (Å²) in [7, 11) is 3.41. The highest BCUT2D eigenvalue weighted by Gasteiger charge is 2.17. The SMILES string of the molecule is CN(C)c1ccc(O)c(C(N)=O)c1O. The molecule has 0 saturated heterocycles. The van der Waals surface area contributed by atoms with Crippen molar-refractivity contribution in [3.63, 3.8) is 0 Å². The lowest BCUT2D eigenvalue weighted by atomic mass is 10.1. The van der Waals surface area contributed by atoms with E-state index in [2.05, 4.69) is 0 Å². The van der Waals surface area contributed by atoms with Gasteiger partial charge in [0.05, 0.1) is 5.69 Å². The van der Waals surface area contributed by atoms with Gasteiger partial charge in [-0.05, 0) is 12.1 Å². The van der Waals surface area contributed by atoms with Gasteiger partial charge in [0.15, 0.2) is 5.75 Å². The molecule has 1 amide bonds. The predicted octanol–water partition coefficient (Wildman–Crippen LogP) is 0.263. The van der Waals surface area contributed by atoms with E-state index in [0.717, 1.165) is 0 Å². The second kappa shape index (κ2) is 3.45. The van der Waals surface area contributed by atoms with E-state index in [9.17, 15) is 15.0 Å². The van der Waals surface area contributed by atoms with Gasteiger partial charge < -0.3 is 20.8 Å². The summed E-state index contributed by atoms with van der Waals surface area (Å²) in [4.78, 5) is 12.5. The van der Waals surface area contributed by atoms with Crippen molar-refractivity contribution in [3.05, 3.63) is 17.7 Å². The number of primary amides is 1. The molecule has 4 N–H and O–H groups in total. The van der Waals surface area contributed by atoms with Gasteiger partial charge >= 0.3 is 0 Å². The van der Waals surface area contributed by atoms with Gasteiger partial charge in [-0.3, -0.25) is 4.79 Å². The Bertz CT molecular complexity index is 375. The average molecular weight is 196 g/mol. The normalized spacial score (nSPS) is 9.86. The maximum Gasteiger partial charge on any atom is 0.256 e. The molecule has 14 heavy (non-hydrogen) atoms. The highest BCUT2D eigenvalue weighted by molar-refractivity contribution is 6.00. The second-order valence-electron chi connectivity index (χ2n) is 3.09. The van der Waals surface area contributed by atoms with Gasteiger partial charge in [0.25, 0.3) is 5.91 Å². The molecule has 0 aliphatic carbocycles. The number of nitrogens with zero attached hydrogens (tertiary/aromatic N) is 1. The molecule has 0 heterocycles. The first-order valence-electron chi connectivity index (χ1n) is 3.97. The quantitative estimate of drug-likeness (QED) is 0.633. The van der Waals surface area contributed by atoms with E-state index in [1.54, 1.807) is 19.0 Å². The molecule has 0 aliphatic rings. The third-order valence-electron chi connectivity index (χ3n) is 1.86. The summed E-state index contributed by atoms with van der Waals surface area (Å²) < 4.78 is 0. The van der Waals surface area contributed by atoms with Crippen LogP contribution < -0.4 is 10.6 Å². The molecule has 0 spiro atoms. The maximum atomic E-state index is 10.9. The summed E-state index contributed by atoms with van der Waals surface area (Å²) in [5.41, 5.74) is 5.18. The van der Waals surface area contributed by atoms with Crippen LogP contribution in [0, 0.1) is 0 Å². The summed E-state index contributed by atoms with van der Waals surface area (Å²) in [5, 5.41) is 18.9. The number of carbonyl (C=O) groups excluding carboxylic acids is 1. The summed E-state index contributed by atoms with van der Waals surface area (Å²) in [6, 6.07) is 2.81. The van der Waals surface area contributed by atoms with Crippen LogP contribution >= 0.6 is 0 Å². The van der Waals surface area contributed by atoms with E-state index in [-0.39, 0.29) is 17.1 Å². The first-order valence-corrected chi connectivity index (χ1v) is 3.97. The van der Waals surface area contributed by atoms with Gasteiger partial charge in [-0.25, -0.2) is 0 Å². The number of hydrogen-bond acceptors (Lipinski definition) is 4. The molecule has 0 saturated carbocycles. The van der Waals surface area contributed by atoms with E-state index < -0.39 is 5.91 Å². The van der Waals surface area contributed by atoms with Crippen molar-refractivity contribution in [3.8, 4) is 11.5 Å². The summed E-state index contributed by atoms with van der Waals surface area (Å²) in [6.45, 7) is 0. The van der Waals surface area contributed by atoms with Crippen molar-refractivity contribution in [2.75, 3.05) is 19.0 Å². The lowest BCUT2D eigenvalue weighted by Crippen LogP contribution is -2.14. The van der Waals surface area contributed by atoms with Crippen LogP contribution in [-0.2, 0) is 0 Å². The van der Waals surface area contributed by atoms with Crippen LogP contribution in [0.3, 0.4) is 0 Å². The molecule has 5 heteroatoms. The Morgan fingerprint density at radius 3 is 2.36 bits per heavy atom. The summed E-state index contributed by atoms with van der Waals surface area (Å²) >= 11 is 0. The van der Waals surface area contributed by atoms with E-state index in [1.165, 1.54) is 12.1 Å². The number of benzene rings is 1. The third kappa shape index (κ3) is 1.56. The summed E-state index contributed by atoms with van der Waals surface area (Å²) in [5.74, 6) is -1.48. The van der Waals surface area contributed by atoms with E-state index >= 15 is 0 Å². The minimum atomic E-state index is -0.858. The van der Waals surface area contributed by atoms with Crippen LogP contribution in [0.15, 0.2) is 12.1 Å². The lowest BCUT2D eigenvalue weighted by Gasteiger charge is -2.16. The summed E-state index contributed by atoms with van der Waals surface area (Å²) in [6.07, 6.45) is 0. The highest BCUT2D eigenvalue weighted by Crippen LogP contribution is 2.34. The Balaban J connectivity index is 3.41. The molecule has 0 bridgehead atoms. The Kier molecular flexibility index (Phi) is 2.51. The van der Waals surface area contributed by atoms with E-state index in [1.807, 2.05) is 0 Å². The zero-order chi connectivity index (χ0) is 10.9. The van der Waals surface area contributed by atoms with Crippen molar-refractivity contribution < 1.29 is 15.0 Å². The fourth-order valence-corrected chi connectivity index (χ4v) is 1.17. The zero-order valence-electron chi connectivity index (χ0n) is 7.98. The monoisotopic (exact) mass is 196 g/mol. The van der Waals surface area contributed by atoms with Gasteiger partial charge in [0, 0.05) is 14.1 Å². The largest absolute Gasteiger partial charge is 0.507 e. The van der Waals surface area contributed by atoms with Gasteiger partial charge in [0.1, 0.15) is 11.3 Å². The van der Waals surface area contributed by atoms with Crippen LogP contribution in [-0.4, -0.2) is 30.2 Å². The lowest BCUT2D eigenvalue weighted by molar-refractivity contribution is 0.0995. The van der Waals surface area contributed by atoms with Crippen molar-refractivity contribution >= 4 is 11.6 Å². The Morgan fingerprint density at radius 2 is 1.93 bits per heavy atom. The number of hydrogen-bond donors (Lipinski definition) is 3. The van der Waals surface area contributed by atoms with Crippen molar-refractivity contribution in [2.24, 2.45) is 5.73 Å². The van der Waals surface area contributed by atoms with Crippen molar-refractivity contribution in [2.45, 2.75) is 0 Å². The molecule has 0 aromatic heterocycles. The molecule has 0 fully saturated rings. The van der Waals surface area contributed by atoms with Crippen LogP contribution in [0.1, 0.15) is 10.4 Å². The number of carbonyl (C=O) groups is 1. The van der Waals surface area contributed by atoms with Crippen molar-refractivity contribution in [1.29, 1.82) is 0 Å². The molecule has 1 aromatic rings. The topological polar surface area (TPSA) is 86.8 Å². The zero-order valence-corrected chi connectivity index (χ0v) is 7.98. The van der Waals surface area contributed by atoms with Crippen LogP contribution in [0.25, 0.3) is 0 Å². The Labute approximate surface area is 81.4 Å². The van der Waals surface area contributed by atoms with E-state index in [4.69, 9.17) is 5.73 Å². The second-order valence-corrected chi connectivity index (χ2v) is 3.09. The molecule has 76 valence electrons. The van der Waals surface area contributed by atoms with Gasteiger partial charge in [-0.15, -0.1) is 0 Å². The van der Waals surface area contributed by atoms with Crippen LogP contribution in [0.4, 0.5) is 5.69 Å². The molecule has 0 unspecified atom stereocenters. The number of phenols is 2. The first-order chi connectivity index (χ1) is 6.45. The number of rotatable bonds is 2. The van der Waals surface area contributed by atoms with Crippen LogP contribution in [0.5, 0.6) is 11.5 Å². The molecule has 1 aromatic carbocycles. The van der Waals surface area contributed by atoms with Crippen LogP contribution in [0.2, 0.25) is 0 Å². The fraction of sp³-hybridized carbons (Fsp3) is 0.222. The van der Waals surface area contributed by atoms with Crippen molar-refractivity contribution in [1.82, 2.24) is 0 Å². The fourth-order valence-electron chi connectivity index (χ4n) is 1.17. The number of anilines is 1.